The van der Waals surface area contributed by atoms with Crippen LogP contribution in [-0.4, -0.2) is 28.9 Å². The lowest BCUT2D eigenvalue weighted by atomic mass is 10.1. The van der Waals surface area contributed by atoms with Crippen LogP contribution in [0, 0.1) is 0 Å². The molecule has 2 atom stereocenters. The Balaban J connectivity index is 2.00. The number of carbonyl (C=O) groups excluding carboxylic acids is 1. The van der Waals surface area contributed by atoms with E-state index >= 15 is 0 Å². The fourth-order valence-corrected chi connectivity index (χ4v) is 1.95. The summed E-state index contributed by atoms with van der Waals surface area (Å²) in [6.07, 6.45) is 0. The average molecular weight is 253 g/mol. The highest BCUT2D eigenvalue weighted by Crippen LogP contribution is 2.28. The minimum Gasteiger partial charge on any atom is -0.292 e. The molecule has 1 N–H and O–H groups in total. The Morgan fingerprint density at radius 3 is 2.71 bits per heavy atom. The van der Waals surface area contributed by atoms with Crippen molar-refractivity contribution in [1.82, 2.24) is 10.4 Å². The number of benzene rings is 1. The number of ketones is 1. The van der Waals surface area contributed by atoms with Crippen LogP contribution in [0.3, 0.4) is 0 Å². The first-order valence-corrected chi connectivity index (χ1v) is 6.11. The van der Waals surface area contributed by atoms with Gasteiger partial charge in [0.05, 0.1) is 6.04 Å². The second kappa shape index (κ2) is 4.41. The molecule has 2 rings (SSSR count). The number of hydrazine groups is 1. The van der Waals surface area contributed by atoms with Gasteiger partial charge in [-0.15, -0.1) is 0 Å². The Kier molecular flexibility index (Phi) is 3.25. The Bertz CT molecular complexity index is 445. The summed E-state index contributed by atoms with van der Waals surface area (Å²) in [6.45, 7) is 7.12. The largest absolute Gasteiger partial charge is 0.292 e. The Morgan fingerprint density at radius 2 is 2.18 bits per heavy atom. The Hall–Kier alpha value is -0.900. The summed E-state index contributed by atoms with van der Waals surface area (Å²) in [7, 11) is 0. The zero-order valence-corrected chi connectivity index (χ0v) is 11.1. The minimum atomic E-state index is -0.227. The molecule has 1 heterocycles. The predicted molar refractivity (Wildman–Crippen MR) is 69.2 cm³/mol. The molecule has 1 aromatic rings. The monoisotopic (exact) mass is 252 g/mol. The van der Waals surface area contributed by atoms with Gasteiger partial charge in [0.2, 0.25) is 0 Å². The van der Waals surface area contributed by atoms with Crippen molar-refractivity contribution in [3.63, 3.8) is 0 Å². The normalized spacial score (nSPS) is 23.2. The maximum Gasteiger partial charge on any atom is 0.180 e. The second-order valence-electron chi connectivity index (χ2n) is 5.12. The Labute approximate surface area is 107 Å². The summed E-state index contributed by atoms with van der Waals surface area (Å²) in [6, 6.07) is 6.83. The van der Waals surface area contributed by atoms with Crippen molar-refractivity contribution in [3.05, 3.63) is 34.9 Å². The van der Waals surface area contributed by atoms with Gasteiger partial charge in [0, 0.05) is 22.7 Å². The highest BCUT2D eigenvalue weighted by atomic mass is 35.5. The third-order valence-electron chi connectivity index (χ3n) is 3.02. The second-order valence-corrected chi connectivity index (χ2v) is 5.56. The molecule has 0 bridgehead atoms. The molecule has 1 aliphatic heterocycles. The molecule has 3 nitrogen and oxygen atoms in total. The van der Waals surface area contributed by atoms with Gasteiger partial charge in [-0.25, -0.2) is 10.4 Å². The molecule has 0 aromatic heterocycles. The number of nitrogens with zero attached hydrogens (tertiary/aromatic N) is 1. The van der Waals surface area contributed by atoms with Crippen molar-refractivity contribution in [1.29, 1.82) is 0 Å². The molecule has 92 valence electrons. The van der Waals surface area contributed by atoms with Gasteiger partial charge >= 0.3 is 0 Å². The molecule has 4 heteroatoms. The van der Waals surface area contributed by atoms with E-state index in [1.807, 2.05) is 6.92 Å². The van der Waals surface area contributed by atoms with E-state index in [1.165, 1.54) is 0 Å². The van der Waals surface area contributed by atoms with Crippen molar-refractivity contribution in [2.45, 2.75) is 32.4 Å². The average Bonchev–Trinajstić information content (AvgIpc) is 2.84. The van der Waals surface area contributed by atoms with Crippen LogP contribution in [0.25, 0.3) is 0 Å². The number of carbonyl (C=O) groups is 1. The number of halogens is 1. The molecule has 1 unspecified atom stereocenters. The first-order chi connectivity index (χ1) is 7.90. The van der Waals surface area contributed by atoms with Crippen LogP contribution in [0.15, 0.2) is 24.3 Å². The van der Waals surface area contributed by atoms with Gasteiger partial charge < -0.3 is 0 Å². The molecule has 1 aromatic carbocycles. The molecule has 17 heavy (non-hydrogen) atoms. The summed E-state index contributed by atoms with van der Waals surface area (Å²) in [5.41, 5.74) is 4.02. The van der Waals surface area contributed by atoms with Crippen LogP contribution < -0.4 is 5.43 Å². The van der Waals surface area contributed by atoms with Gasteiger partial charge in [-0.05, 0) is 32.9 Å². The molecule has 1 saturated heterocycles. The summed E-state index contributed by atoms with van der Waals surface area (Å²) in [4.78, 5) is 12.1. The van der Waals surface area contributed by atoms with Gasteiger partial charge in [-0.3, -0.25) is 4.79 Å². The van der Waals surface area contributed by atoms with E-state index < -0.39 is 0 Å². The summed E-state index contributed by atoms with van der Waals surface area (Å²) in [5, 5.41) is 2.66. The van der Waals surface area contributed by atoms with Gasteiger partial charge in [0.15, 0.2) is 5.78 Å². The van der Waals surface area contributed by atoms with Crippen molar-refractivity contribution < 1.29 is 4.79 Å². The van der Waals surface area contributed by atoms with Crippen molar-refractivity contribution >= 4 is 17.4 Å². The molecule has 0 radical (unpaired) electrons. The summed E-state index contributed by atoms with van der Waals surface area (Å²) in [5.74, 6) is 0.0650. The van der Waals surface area contributed by atoms with Crippen molar-refractivity contribution in [2.75, 3.05) is 6.54 Å². The Morgan fingerprint density at radius 1 is 1.53 bits per heavy atom. The summed E-state index contributed by atoms with van der Waals surface area (Å²) < 4.78 is 0. The van der Waals surface area contributed by atoms with E-state index in [-0.39, 0.29) is 17.4 Å². The number of rotatable bonds is 4. The lowest BCUT2D eigenvalue weighted by Gasteiger charge is -2.15. The van der Waals surface area contributed by atoms with Crippen LogP contribution in [0.5, 0.6) is 0 Å². The molecule has 0 amide bonds. The SMILES string of the molecule is C[C@@H](NN1CC1(C)C)C(=O)c1cccc(Cl)c1. The molecule has 0 saturated carbocycles. The zero-order valence-electron chi connectivity index (χ0n) is 10.3. The van der Waals surface area contributed by atoms with Crippen LogP contribution in [0.2, 0.25) is 5.02 Å². The lowest BCUT2D eigenvalue weighted by molar-refractivity contribution is 0.0919. The van der Waals surface area contributed by atoms with Crippen molar-refractivity contribution in [3.8, 4) is 0 Å². The third kappa shape index (κ3) is 2.86. The van der Waals surface area contributed by atoms with Crippen LogP contribution in [-0.2, 0) is 0 Å². The highest BCUT2D eigenvalue weighted by molar-refractivity contribution is 6.31. The van der Waals surface area contributed by atoms with Gasteiger partial charge in [0.25, 0.3) is 0 Å². The van der Waals surface area contributed by atoms with Crippen LogP contribution in [0.1, 0.15) is 31.1 Å². The highest BCUT2D eigenvalue weighted by Gasteiger charge is 2.44. The lowest BCUT2D eigenvalue weighted by Crippen LogP contribution is -2.40. The van der Waals surface area contributed by atoms with E-state index in [0.29, 0.717) is 10.6 Å². The molecular weight excluding hydrogens is 236 g/mol. The van der Waals surface area contributed by atoms with Gasteiger partial charge in [0.1, 0.15) is 0 Å². The fourth-order valence-electron chi connectivity index (χ4n) is 1.76. The number of nitrogens with one attached hydrogen (secondary N) is 1. The maximum atomic E-state index is 12.1. The zero-order chi connectivity index (χ0) is 12.6. The molecule has 0 spiro atoms. The smallest absolute Gasteiger partial charge is 0.180 e. The van der Waals surface area contributed by atoms with E-state index in [9.17, 15) is 4.79 Å². The van der Waals surface area contributed by atoms with Crippen molar-refractivity contribution in [2.24, 2.45) is 0 Å². The van der Waals surface area contributed by atoms with E-state index in [2.05, 4.69) is 24.3 Å². The predicted octanol–water partition coefficient (Wildman–Crippen LogP) is 2.51. The standard InChI is InChI=1S/C13H17ClN2O/c1-9(15-16-8-13(16,2)3)12(17)10-5-4-6-11(14)7-10/h4-7,9,15H,8H2,1-3H3/t9-,16?/m1/s1. The van der Waals surface area contributed by atoms with Crippen LogP contribution in [0.4, 0.5) is 0 Å². The van der Waals surface area contributed by atoms with Crippen LogP contribution >= 0.6 is 11.6 Å². The topological polar surface area (TPSA) is 32.1 Å². The molecule has 1 fully saturated rings. The van der Waals surface area contributed by atoms with Gasteiger partial charge in [-0.1, -0.05) is 23.7 Å². The number of hydrogen-bond acceptors (Lipinski definition) is 3. The number of hydrogen-bond donors (Lipinski definition) is 1. The van der Waals surface area contributed by atoms with Gasteiger partial charge in [-0.2, -0.15) is 0 Å². The van der Waals surface area contributed by atoms with E-state index in [4.69, 9.17) is 11.6 Å². The number of Topliss-reactive ketones (excluding diaryl/α,β-unsaturated/α-hetero) is 1. The molecule has 1 aliphatic rings. The third-order valence-corrected chi connectivity index (χ3v) is 3.26. The fraction of sp³-hybridized carbons (Fsp3) is 0.462. The quantitative estimate of drug-likeness (QED) is 0.660. The first-order valence-electron chi connectivity index (χ1n) is 5.74. The minimum absolute atomic E-state index is 0.0650. The van der Waals surface area contributed by atoms with E-state index in [1.54, 1.807) is 24.3 Å². The summed E-state index contributed by atoms with van der Waals surface area (Å²) >= 11 is 5.87. The molecular formula is C13H17ClN2O. The van der Waals surface area contributed by atoms with E-state index in [0.717, 1.165) is 6.54 Å². The first kappa shape index (κ1) is 12.6. The maximum absolute atomic E-state index is 12.1. The molecule has 0 aliphatic carbocycles.